The Labute approximate surface area is 264 Å². The number of carboxylic acids is 2. The molecule has 17 heteroatoms. The molecule has 2 aliphatic rings. The monoisotopic (exact) mass is 610 g/mol. The Hall–Kier alpha value is -3.44. The summed E-state index contributed by atoms with van der Waals surface area (Å²) >= 11 is 2.36. The zero-order valence-electron chi connectivity index (χ0n) is 23.2. The normalized spacial score (nSPS) is 18.8. The second-order valence-corrected chi connectivity index (χ2v) is 11.4. The minimum Gasteiger partial charge on any atom is -1.00 e. The molecule has 2 amide bonds. The molecule has 0 bridgehead atoms. The maximum atomic E-state index is 13.2. The zero-order valence-corrected chi connectivity index (χ0v) is 25.8. The van der Waals surface area contributed by atoms with E-state index < -0.39 is 40.8 Å². The molecule has 5 heterocycles. The Morgan fingerprint density at radius 1 is 1.32 bits per heavy atom. The van der Waals surface area contributed by atoms with Gasteiger partial charge in [0.25, 0.3) is 17.5 Å². The van der Waals surface area contributed by atoms with E-state index in [1.165, 1.54) is 35.9 Å². The van der Waals surface area contributed by atoms with E-state index in [2.05, 4.69) is 15.5 Å². The van der Waals surface area contributed by atoms with Crippen molar-refractivity contribution >= 4 is 63.3 Å². The number of carbonyl (C=O) groups excluding carboxylic acids is 2. The maximum absolute atomic E-state index is 13.2. The van der Waals surface area contributed by atoms with Crippen LogP contribution in [0.5, 0.6) is 0 Å². The van der Waals surface area contributed by atoms with Gasteiger partial charge in [0.1, 0.15) is 41.7 Å². The van der Waals surface area contributed by atoms with Crippen molar-refractivity contribution in [3.63, 3.8) is 0 Å². The molecule has 2 aliphatic heterocycles. The largest absolute Gasteiger partial charge is 1.00 e. The Kier molecular flexibility index (Phi) is 8.79. The van der Waals surface area contributed by atoms with Gasteiger partial charge in [0.2, 0.25) is 5.60 Å². The van der Waals surface area contributed by atoms with Gasteiger partial charge < -0.3 is 27.5 Å². The number of pyridine rings is 1. The fourth-order valence-corrected chi connectivity index (χ4v) is 6.08. The zero-order chi connectivity index (χ0) is 28.8. The number of nitrogens with zero attached hydrogens (tertiary/aromatic N) is 5. The van der Waals surface area contributed by atoms with E-state index >= 15 is 0 Å². The van der Waals surface area contributed by atoms with Crippen molar-refractivity contribution in [2.75, 3.05) is 11.5 Å². The quantitative estimate of drug-likeness (QED) is 0.0657. The summed E-state index contributed by atoms with van der Waals surface area (Å²) in [4.78, 5) is 60.4. The fraction of sp³-hybridized carbons (Fsp3) is 0.292. The molecule has 0 saturated carbocycles. The van der Waals surface area contributed by atoms with Gasteiger partial charge in [-0.2, -0.15) is 0 Å². The molecule has 0 unspecified atom stereocenters. The number of nitrogens with one attached hydrogen (secondary N) is 1. The molecule has 3 aromatic heterocycles. The van der Waals surface area contributed by atoms with Crippen LogP contribution in [0.15, 0.2) is 58.6 Å². The first-order valence-electron chi connectivity index (χ1n) is 11.8. The third-order valence-electron chi connectivity index (χ3n) is 6.33. The molecular weight excluding hydrogens is 585 g/mol. The molecule has 0 aromatic carbocycles. The van der Waals surface area contributed by atoms with Crippen molar-refractivity contribution in [3.8, 4) is 0 Å². The van der Waals surface area contributed by atoms with Crippen LogP contribution >= 0.6 is 23.1 Å². The average Bonchev–Trinajstić information content (AvgIpc) is 3.53. The van der Waals surface area contributed by atoms with Crippen LogP contribution < -0.4 is 45.2 Å². The number of carbonyl (C=O) groups is 4. The number of aliphatic carboxylic acids is 2. The number of fused-ring (bicyclic) bond motifs is 2. The van der Waals surface area contributed by atoms with Crippen molar-refractivity contribution in [1.29, 1.82) is 0 Å². The van der Waals surface area contributed by atoms with Crippen LogP contribution in [0.25, 0.3) is 5.65 Å². The number of carboxylic acid groups (broad SMARTS) is 2. The first kappa shape index (κ1) is 30.5. The summed E-state index contributed by atoms with van der Waals surface area (Å²) < 4.78 is 3.79. The molecule has 0 aliphatic carbocycles. The van der Waals surface area contributed by atoms with Gasteiger partial charge >= 0.3 is 41.5 Å². The minimum atomic E-state index is -1.75. The molecule has 3 aromatic rings. The van der Waals surface area contributed by atoms with Crippen molar-refractivity contribution < 1.29 is 69.8 Å². The van der Waals surface area contributed by atoms with Crippen LogP contribution in [0.3, 0.4) is 0 Å². The SMILES string of the molecule is CC(C)(O/N=C(\C(=O)N[C@@H]1C(=O)N2C(C(=O)O)=C(C[n+]3ccn4ccccc43)CS[C@H]12)c1csc(N)n1)C(=O)O.[H-].[Na+]. The van der Waals surface area contributed by atoms with Crippen molar-refractivity contribution in [3.05, 3.63) is 59.1 Å². The summed E-state index contributed by atoms with van der Waals surface area (Å²) in [7, 11) is 0. The first-order valence-corrected chi connectivity index (χ1v) is 13.8. The van der Waals surface area contributed by atoms with E-state index in [1.807, 2.05) is 45.8 Å². The number of thiazole rings is 1. The molecule has 5 rings (SSSR count). The number of imidazole rings is 1. The van der Waals surface area contributed by atoms with Gasteiger partial charge in [0.05, 0.1) is 6.20 Å². The van der Waals surface area contributed by atoms with Crippen molar-refractivity contribution in [2.24, 2.45) is 5.16 Å². The average molecular weight is 611 g/mol. The van der Waals surface area contributed by atoms with E-state index in [1.54, 1.807) is 0 Å². The molecule has 41 heavy (non-hydrogen) atoms. The van der Waals surface area contributed by atoms with E-state index in [-0.39, 0.29) is 59.8 Å². The van der Waals surface area contributed by atoms with E-state index in [0.717, 1.165) is 17.0 Å². The van der Waals surface area contributed by atoms with Crippen LogP contribution in [0, 0.1) is 0 Å². The van der Waals surface area contributed by atoms with E-state index in [0.29, 0.717) is 11.3 Å². The van der Waals surface area contributed by atoms with Gasteiger partial charge in [-0.05, 0) is 19.9 Å². The van der Waals surface area contributed by atoms with Crippen LogP contribution in [-0.4, -0.2) is 76.7 Å². The number of hydrogen-bond acceptors (Lipinski definition) is 10. The molecule has 14 nitrogen and oxygen atoms in total. The topological polar surface area (TPSA) is 193 Å². The molecular formula is C24H25N7NaO7S2+. The first-order chi connectivity index (χ1) is 19.0. The predicted molar refractivity (Wildman–Crippen MR) is 144 cm³/mol. The smallest absolute Gasteiger partial charge is 1.00 e. The molecule has 210 valence electrons. The van der Waals surface area contributed by atoms with E-state index in [9.17, 15) is 29.4 Å². The molecule has 0 spiro atoms. The number of β-lactam (4-membered cyclic amide) rings is 1. The summed E-state index contributed by atoms with van der Waals surface area (Å²) in [6.07, 6.45) is 5.56. The number of nitrogen functional groups attached to an aromatic ring is 1. The van der Waals surface area contributed by atoms with Crippen LogP contribution in [-0.2, 0) is 30.6 Å². The predicted octanol–water partition coefficient (Wildman–Crippen LogP) is -2.60. The molecule has 1 fully saturated rings. The Morgan fingerprint density at radius 3 is 2.73 bits per heavy atom. The van der Waals surface area contributed by atoms with Gasteiger partial charge in [0, 0.05) is 22.8 Å². The molecule has 0 radical (unpaired) electrons. The number of hydrogen-bond donors (Lipinski definition) is 4. The van der Waals surface area contributed by atoms with Gasteiger partial charge in [-0.15, -0.1) is 23.1 Å². The third-order valence-corrected chi connectivity index (χ3v) is 8.34. The summed E-state index contributed by atoms with van der Waals surface area (Å²) in [5, 5.41) is 26.6. The number of nitrogens with two attached hydrogens (primary N) is 1. The van der Waals surface area contributed by atoms with Gasteiger partial charge in [0.15, 0.2) is 10.8 Å². The van der Waals surface area contributed by atoms with Crippen molar-refractivity contribution in [2.45, 2.75) is 37.4 Å². The second kappa shape index (κ2) is 11.8. The summed E-state index contributed by atoms with van der Waals surface area (Å²) in [5.41, 5.74) is 4.89. The van der Waals surface area contributed by atoms with Crippen LogP contribution in [0.2, 0.25) is 0 Å². The van der Waals surface area contributed by atoms with Crippen LogP contribution in [0.4, 0.5) is 5.13 Å². The van der Waals surface area contributed by atoms with Crippen LogP contribution in [0.1, 0.15) is 21.0 Å². The number of anilines is 1. The summed E-state index contributed by atoms with van der Waals surface area (Å²) in [6, 6.07) is 4.61. The Bertz CT molecular complexity index is 1620. The third kappa shape index (κ3) is 5.83. The maximum Gasteiger partial charge on any atom is 1.00 e. The van der Waals surface area contributed by atoms with Gasteiger partial charge in [-0.3, -0.25) is 14.5 Å². The number of oxime groups is 1. The Balaban J connectivity index is 0.00000242. The number of amides is 2. The second-order valence-electron chi connectivity index (χ2n) is 9.43. The molecule has 2 atom stereocenters. The summed E-state index contributed by atoms with van der Waals surface area (Å²) in [5.74, 6) is -3.69. The minimum absolute atomic E-state index is 0. The van der Waals surface area contributed by atoms with Crippen molar-refractivity contribution in [1.82, 2.24) is 19.6 Å². The summed E-state index contributed by atoms with van der Waals surface area (Å²) in [6.45, 7) is 2.77. The van der Waals surface area contributed by atoms with Gasteiger partial charge in [-0.25, -0.2) is 23.5 Å². The standard InChI is InChI=1S/C24H23N7O7S2.Na.H/c1-24(2,22(36)37)38-28-15(13-11-40-23(25)26-13)18(32)27-16-19(33)31-17(21(34)35)12(10-39-20(16)31)9-30-8-7-29-6-4-3-5-14(29)30;;/h3-8,11,16,20H,9-10H2,1-2H3,(H4-,25,26,27,32,34,35,36,37);;/q;+1;-1/p+1/b28-15-;;/t16-,20-;;/m1../s1. The number of thioether (sulfide) groups is 1. The molecule has 1 saturated heterocycles. The van der Waals surface area contributed by atoms with E-state index in [4.69, 9.17) is 10.6 Å². The molecule has 5 N–H and O–H groups in total. The van der Waals surface area contributed by atoms with Gasteiger partial charge in [-0.1, -0.05) is 11.2 Å². The number of rotatable bonds is 9. The fourth-order valence-electron chi connectivity index (χ4n) is 4.20. The number of aromatic nitrogens is 3. The Morgan fingerprint density at radius 2 is 2.07 bits per heavy atom.